The van der Waals surface area contributed by atoms with Crippen molar-refractivity contribution in [3.63, 3.8) is 0 Å². The Hall–Kier alpha value is -3.06. The number of para-hydroxylation sites is 2. The number of hydrogen-bond donors (Lipinski definition) is 1. The number of benzene rings is 2. The van der Waals surface area contributed by atoms with Crippen LogP contribution in [0.25, 0.3) is 11.0 Å². The fourth-order valence-electron chi connectivity index (χ4n) is 4.56. The average Bonchev–Trinajstić information content (AvgIpc) is 3.12. The molecule has 7 heteroatoms. The largest absolute Gasteiger partial charge is 0.493 e. The first-order chi connectivity index (χ1) is 15.7. The van der Waals surface area contributed by atoms with Gasteiger partial charge in [-0.05, 0) is 47.2 Å². The van der Waals surface area contributed by atoms with Crippen molar-refractivity contribution in [2.24, 2.45) is 12.5 Å². The van der Waals surface area contributed by atoms with Gasteiger partial charge in [-0.25, -0.2) is 4.98 Å². The van der Waals surface area contributed by atoms with Crippen molar-refractivity contribution in [1.82, 2.24) is 19.8 Å². The second-order valence-electron chi connectivity index (χ2n) is 9.74. The summed E-state index contributed by atoms with van der Waals surface area (Å²) in [6.45, 7) is 8.07. The number of aromatic nitrogens is 2. The molecule has 2 aromatic carbocycles. The predicted octanol–water partition coefficient (Wildman–Crippen LogP) is 3.68. The van der Waals surface area contributed by atoms with Gasteiger partial charge in [-0.3, -0.25) is 10.1 Å². The number of aryl methyl sites for hydroxylation is 1. The standard InChI is InChI=1S/C26H34N4O3/c1-26(2,3)24(27-15-23-28-19-9-7-8-10-20(19)29(23)4)25(31)30-12-11-17-13-21(32-5)22(33-6)14-18(17)16-30/h7-10,13-14,24,27H,11-12,15-16H2,1-6H3. The number of carbonyl (C=O) groups excluding carboxylic acids is 1. The third-order valence-electron chi connectivity index (χ3n) is 6.49. The van der Waals surface area contributed by atoms with Gasteiger partial charge in [-0.1, -0.05) is 32.9 Å². The molecule has 1 unspecified atom stereocenters. The quantitative estimate of drug-likeness (QED) is 0.621. The van der Waals surface area contributed by atoms with Crippen molar-refractivity contribution >= 4 is 16.9 Å². The zero-order valence-electron chi connectivity index (χ0n) is 20.4. The second-order valence-corrected chi connectivity index (χ2v) is 9.74. The summed E-state index contributed by atoms with van der Waals surface area (Å²) in [6.07, 6.45) is 0.795. The summed E-state index contributed by atoms with van der Waals surface area (Å²) < 4.78 is 13.0. The Morgan fingerprint density at radius 1 is 1.12 bits per heavy atom. The van der Waals surface area contributed by atoms with Crippen LogP contribution in [0.4, 0.5) is 0 Å². The number of rotatable bonds is 6. The van der Waals surface area contributed by atoms with Crippen LogP contribution in [-0.4, -0.2) is 47.2 Å². The lowest BCUT2D eigenvalue weighted by Gasteiger charge is -2.37. The van der Waals surface area contributed by atoms with Crippen LogP contribution in [0.2, 0.25) is 0 Å². The van der Waals surface area contributed by atoms with E-state index in [1.807, 2.05) is 42.3 Å². The number of ether oxygens (including phenoxy) is 2. The summed E-state index contributed by atoms with van der Waals surface area (Å²) in [5.41, 5.74) is 4.11. The molecule has 0 radical (unpaired) electrons. The molecule has 1 atom stereocenters. The highest BCUT2D eigenvalue weighted by Crippen LogP contribution is 2.34. The molecule has 3 aromatic rings. The highest BCUT2D eigenvalue weighted by molar-refractivity contribution is 5.83. The fourth-order valence-corrected chi connectivity index (χ4v) is 4.56. The van der Waals surface area contributed by atoms with E-state index < -0.39 is 0 Å². The smallest absolute Gasteiger partial charge is 0.240 e. The molecule has 176 valence electrons. The Bertz CT molecular complexity index is 1160. The highest BCUT2D eigenvalue weighted by atomic mass is 16.5. The molecular formula is C26H34N4O3. The van der Waals surface area contributed by atoms with Crippen LogP contribution < -0.4 is 14.8 Å². The number of nitrogens with one attached hydrogen (secondary N) is 1. The molecule has 1 aliphatic rings. The van der Waals surface area contributed by atoms with E-state index in [1.165, 1.54) is 5.56 Å². The molecule has 0 spiro atoms. The van der Waals surface area contributed by atoms with Crippen molar-refractivity contribution in [2.45, 2.75) is 46.3 Å². The number of methoxy groups -OCH3 is 2. The van der Waals surface area contributed by atoms with Crippen LogP contribution in [0.3, 0.4) is 0 Å². The van der Waals surface area contributed by atoms with E-state index in [0.717, 1.165) is 34.6 Å². The van der Waals surface area contributed by atoms with Crippen molar-refractivity contribution in [1.29, 1.82) is 0 Å². The zero-order valence-corrected chi connectivity index (χ0v) is 20.4. The Labute approximate surface area is 195 Å². The van der Waals surface area contributed by atoms with Gasteiger partial charge in [0.25, 0.3) is 0 Å². The molecule has 1 aliphatic heterocycles. The van der Waals surface area contributed by atoms with E-state index in [9.17, 15) is 4.79 Å². The molecule has 2 heterocycles. The predicted molar refractivity (Wildman–Crippen MR) is 129 cm³/mol. The van der Waals surface area contributed by atoms with Gasteiger partial charge in [0.1, 0.15) is 5.82 Å². The molecule has 0 fully saturated rings. The summed E-state index contributed by atoms with van der Waals surface area (Å²) in [5, 5.41) is 3.52. The Morgan fingerprint density at radius 2 is 1.79 bits per heavy atom. The summed E-state index contributed by atoms with van der Waals surface area (Å²) in [6, 6.07) is 11.8. The zero-order chi connectivity index (χ0) is 23.8. The molecular weight excluding hydrogens is 416 g/mol. The molecule has 1 amide bonds. The number of fused-ring (bicyclic) bond motifs is 2. The third kappa shape index (κ3) is 4.55. The van der Waals surface area contributed by atoms with Crippen LogP contribution >= 0.6 is 0 Å². The number of hydrogen-bond acceptors (Lipinski definition) is 5. The SMILES string of the molecule is COc1cc2c(cc1OC)CN(C(=O)C(NCc1nc3ccccc3n1C)C(C)(C)C)CC2. The van der Waals surface area contributed by atoms with Crippen LogP contribution in [-0.2, 0) is 31.4 Å². The number of imidazole rings is 1. The molecule has 1 aromatic heterocycles. The Morgan fingerprint density at radius 3 is 2.42 bits per heavy atom. The van der Waals surface area contributed by atoms with E-state index in [2.05, 4.69) is 36.7 Å². The van der Waals surface area contributed by atoms with Gasteiger partial charge in [0.2, 0.25) is 5.91 Å². The maximum Gasteiger partial charge on any atom is 0.240 e. The van der Waals surface area contributed by atoms with E-state index in [4.69, 9.17) is 14.5 Å². The monoisotopic (exact) mass is 450 g/mol. The van der Waals surface area contributed by atoms with Crippen LogP contribution in [0.15, 0.2) is 36.4 Å². The normalized spacial score (nSPS) is 14.8. The molecule has 0 bridgehead atoms. The minimum atomic E-state index is -0.334. The Balaban J connectivity index is 1.53. The second kappa shape index (κ2) is 9.06. The Kier molecular flexibility index (Phi) is 6.34. The fraction of sp³-hybridized carbons (Fsp3) is 0.462. The van der Waals surface area contributed by atoms with Gasteiger partial charge in [0, 0.05) is 20.1 Å². The average molecular weight is 451 g/mol. The van der Waals surface area contributed by atoms with Crippen LogP contribution in [0.1, 0.15) is 37.7 Å². The van der Waals surface area contributed by atoms with Gasteiger partial charge in [-0.15, -0.1) is 0 Å². The number of carbonyl (C=O) groups is 1. The number of nitrogens with zero attached hydrogens (tertiary/aromatic N) is 3. The molecule has 33 heavy (non-hydrogen) atoms. The van der Waals surface area contributed by atoms with Crippen molar-refractivity contribution < 1.29 is 14.3 Å². The molecule has 0 saturated heterocycles. The van der Waals surface area contributed by atoms with Gasteiger partial charge in [0.15, 0.2) is 11.5 Å². The first-order valence-corrected chi connectivity index (χ1v) is 11.4. The van der Waals surface area contributed by atoms with E-state index in [1.54, 1.807) is 14.2 Å². The highest BCUT2D eigenvalue weighted by Gasteiger charge is 2.35. The van der Waals surface area contributed by atoms with Crippen LogP contribution in [0.5, 0.6) is 11.5 Å². The van der Waals surface area contributed by atoms with Gasteiger partial charge in [-0.2, -0.15) is 0 Å². The van der Waals surface area contributed by atoms with Gasteiger partial charge >= 0.3 is 0 Å². The first kappa shape index (κ1) is 23.1. The van der Waals surface area contributed by atoms with E-state index in [-0.39, 0.29) is 17.4 Å². The summed E-state index contributed by atoms with van der Waals surface area (Å²) in [7, 11) is 5.30. The summed E-state index contributed by atoms with van der Waals surface area (Å²) in [4.78, 5) is 20.4. The molecule has 0 aliphatic carbocycles. The lowest BCUT2D eigenvalue weighted by atomic mass is 9.85. The summed E-state index contributed by atoms with van der Waals surface area (Å²) >= 11 is 0. The lowest BCUT2D eigenvalue weighted by molar-refractivity contribution is -0.137. The number of amides is 1. The van der Waals surface area contributed by atoms with Crippen LogP contribution in [0, 0.1) is 5.41 Å². The molecule has 4 rings (SSSR count). The lowest BCUT2D eigenvalue weighted by Crippen LogP contribution is -2.53. The van der Waals surface area contributed by atoms with E-state index >= 15 is 0 Å². The minimum absolute atomic E-state index is 0.113. The maximum absolute atomic E-state index is 13.7. The van der Waals surface area contributed by atoms with E-state index in [0.29, 0.717) is 25.4 Å². The van der Waals surface area contributed by atoms with Crippen molar-refractivity contribution in [2.75, 3.05) is 20.8 Å². The summed E-state index contributed by atoms with van der Waals surface area (Å²) in [5.74, 6) is 2.45. The molecule has 0 saturated carbocycles. The van der Waals surface area contributed by atoms with Gasteiger partial charge < -0.3 is 18.9 Å². The van der Waals surface area contributed by atoms with Crippen molar-refractivity contribution in [3.05, 3.63) is 53.3 Å². The topological polar surface area (TPSA) is 68.6 Å². The third-order valence-corrected chi connectivity index (χ3v) is 6.49. The van der Waals surface area contributed by atoms with Gasteiger partial charge in [0.05, 0.1) is 37.8 Å². The van der Waals surface area contributed by atoms with Crippen molar-refractivity contribution in [3.8, 4) is 11.5 Å². The maximum atomic E-state index is 13.7. The first-order valence-electron chi connectivity index (χ1n) is 11.4. The molecule has 7 nitrogen and oxygen atoms in total. The minimum Gasteiger partial charge on any atom is -0.493 e. The molecule has 1 N–H and O–H groups in total.